The largest absolute Gasteiger partial charge is 3.00 e. The van der Waals surface area contributed by atoms with E-state index in [0.717, 1.165) is 0 Å². The summed E-state index contributed by atoms with van der Waals surface area (Å²) in [5.74, 6) is 0. The van der Waals surface area contributed by atoms with Crippen LogP contribution in [0.3, 0.4) is 0 Å². The fourth-order valence-corrected chi connectivity index (χ4v) is 0. The van der Waals surface area contributed by atoms with Gasteiger partial charge in [0, 0.05) is 20.8 Å². The van der Waals surface area contributed by atoms with Crippen molar-refractivity contribution in [1.29, 1.82) is 0 Å². The van der Waals surface area contributed by atoms with Gasteiger partial charge in [-0.25, -0.2) is 0 Å². The van der Waals surface area contributed by atoms with Crippen molar-refractivity contribution in [3.63, 3.8) is 0 Å². The van der Waals surface area contributed by atoms with Gasteiger partial charge < -0.3 is 23.7 Å². The van der Waals surface area contributed by atoms with Crippen molar-refractivity contribution in [3.05, 3.63) is 0 Å². The van der Waals surface area contributed by atoms with Crippen LogP contribution in [-0.2, 0) is 20.8 Å². The summed E-state index contributed by atoms with van der Waals surface area (Å²) in [4.78, 5) is 0. The molecule has 13 heavy (non-hydrogen) atoms. The van der Waals surface area contributed by atoms with E-state index in [2.05, 4.69) is 0 Å². The number of rotatable bonds is 0. The van der Waals surface area contributed by atoms with Crippen LogP contribution < -0.4 is 0 Å². The maximum atomic E-state index is 8.52. The first-order valence-electron chi connectivity index (χ1n) is 1.33. The molecule has 0 aliphatic heterocycles. The molecule has 0 unspecified atom stereocenters. The molecule has 0 aromatic carbocycles. The van der Waals surface area contributed by atoms with E-state index in [1.54, 1.807) is 0 Å². The Morgan fingerprint density at radius 1 is 0.615 bits per heavy atom. The van der Waals surface area contributed by atoms with Crippen LogP contribution in [0.4, 0.5) is 0 Å². The van der Waals surface area contributed by atoms with Gasteiger partial charge >= 0.3 is 83.5 Å². The molecule has 0 aromatic heterocycles. The van der Waals surface area contributed by atoms with Crippen LogP contribution in [0.25, 0.3) is 0 Å². The molecule has 13 heteroatoms. The third-order valence-electron chi connectivity index (χ3n) is 0. The van der Waals surface area contributed by atoms with Crippen LogP contribution in [0, 0.1) is 83.5 Å². The standard InChI is InChI=1S/2Ce.2H2O4S.H2O/c;;2*1-5(2,3)4;/h;;2*(H2,1,2,3,4);1H2/q2*+3;;;/p-4. The average molecular weight is 490 g/mol. The van der Waals surface area contributed by atoms with E-state index in [1.165, 1.54) is 0 Å². The molecule has 2 N–H and O–H groups in total. The summed E-state index contributed by atoms with van der Waals surface area (Å²) in [5.41, 5.74) is 0. The number of hydrogen-bond donors (Lipinski definition) is 0. The van der Waals surface area contributed by atoms with Gasteiger partial charge in [0.1, 0.15) is 0 Å². The van der Waals surface area contributed by atoms with E-state index >= 15 is 0 Å². The Morgan fingerprint density at radius 2 is 0.615 bits per heavy atom. The molecule has 0 saturated heterocycles. The van der Waals surface area contributed by atoms with Crippen molar-refractivity contribution in [2.24, 2.45) is 0 Å². The summed E-state index contributed by atoms with van der Waals surface area (Å²) in [6.45, 7) is 0. The molecule has 0 aromatic rings. The fourth-order valence-electron chi connectivity index (χ4n) is 0. The third kappa shape index (κ3) is 372. The van der Waals surface area contributed by atoms with E-state index < -0.39 is 20.8 Å². The van der Waals surface area contributed by atoms with Gasteiger partial charge in [-0.05, 0) is 0 Å². The van der Waals surface area contributed by atoms with E-state index in [-0.39, 0.29) is 89.0 Å². The molecule has 0 fully saturated rings. The molecule has 0 atom stereocenters. The minimum Gasteiger partial charge on any atom is -0.759 e. The van der Waals surface area contributed by atoms with Crippen LogP contribution in [0.2, 0.25) is 0 Å². The van der Waals surface area contributed by atoms with Gasteiger partial charge in [0.05, 0.1) is 0 Å². The zero-order valence-corrected chi connectivity index (χ0v) is 13.5. The quantitative estimate of drug-likeness (QED) is 0.246. The van der Waals surface area contributed by atoms with Gasteiger partial charge in [-0.2, -0.15) is 0 Å². The molecule has 0 aliphatic rings. The smallest absolute Gasteiger partial charge is 0.759 e. The van der Waals surface area contributed by atoms with Crippen LogP contribution in [0.15, 0.2) is 0 Å². The van der Waals surface area contributed by atoms with Gasteiger partial charge in [0.25, 0.3) is 0 Å². The van der Waals surface area contributed by atoms with Crippen molar-refractivity contribution < 1.29 is 124 Å². The van der Waals surface area contributed by atoms with Crippen molar-refractivity contribution in [1.82, 2.24) is 0 Å². The second-order valence-electron chi connectivity index (χ2n) is 0.816. The molecule has 0 amide bonds. The van der Waals surface area contributed by atoms with Gasteiger partial charge in [0.15, 0.2) is 0 Å². The zero-order valence-electron chi connectivity index (χ0n) is 5.58. The third-order valence-corrected chi connectivity index (χ3v) is 0. The SMILES string of the molecule is O.O=S(=O)([O-])[O-].O=S(=O)([O-])[O-].[Ce+3].[Ce+3]. The molecule has 74 valence electrons. The molecule has 0 spiro atoms. The van der Waals surface area contributed by atoms with E-state index in [9.17, 15) is 0 Å². The monoisotopic (exact) mass is 490 g/mol. The first-order chi connectivity index (χ1) is 4.00. The molecule has 0 bridgehead atoms. The summed E-state index contributed by atoms with van der Waals surface area (Å²) < 4.78 is 68.2. The first-order valence-corrected chi connectivity index (χ1v) is 4.00. The Labute approximate surface area is 142 Å². The second kappa shape index (κ2) is 12.5. The Hall–Kier alpha value is 2.45. The normalized spacial score (nSPS) is 8.92. The number of hydrogen-bond acceptors (Lipinski definition) is 8. The van der Waals surface area contributed by atoms with Crippen LogP contribution in [0.1, 0.15) is 0 Å². The summed E-state index contributed by atoms with van der Waals surface area (Å²) in [6, 6.07) is 0. The molecule has 0 rings (SSSR count). The molecule has 0 saturated carbocycles. The summed E-state index contributed by atoms with van der Waals surface area (Å²) in [5, 5.41) is 0. The first kappa shape index (κ1) is 29.5. The molecule has 2 radical (unpaired) electrons. The van der Waals surface area contributed by atoms with E-state index in [4.69, 9.17) is 35.0 Å². The van der Waals surface area contributed by atoms with Gasteiger partial charge in [-0.15, -0.1) is 0 Å². The minimum absolute atomic E-state index is 0. The summed E-state index contributed by atoms with van der Waals surface area (Å²) >= 11 is 0. The minimum atomic E-state index is -5.17. The van der Waals surface area contributed by atoms with Crippen molar-refractivity contribution in [3.8, 4) is 0 Å². The predicted octanol–water partition coefficient (Wildman–Crippen LogP) is -3.50. The van der Waals surface area contributed by atoms with Crippen molar-refractivity contribution in [2.75, 3.05) is 0 Å². The predicted molar refractivity (Wildman–Crippen MR) is 24.6 cm³/mol. The average Bonchev–Trinajstić information content (AvgIpc) is 1.12. The summed E-state index contributed by atoms with van der Waals surface area (Å²) in [7, 11) is -10.3. The molecular formula is H2Ce2O9S2+2. The Balaban J connectivity index is -0.0000000267. The molecule has 9 nitrogen and oxygen atoms in total. The van der Waals surface area contributed by atoms with Crippen molar-refractivity contribution in [2.45, 2.75) is 0 Å². The van der Waals surface area contributed by atoms with Crippen LogP contribution in [-0.4, -0.2) is 40.5 Å². The Bertz CT molecular complexity index is 212. The van der Waals surface area contributed by atoms with Crippen LogP contribution in [0.5, 0.6) is 0 Å². The van der Waals surface area contributed by atoms with Crippen LogP contribution >= 0.6 is 0 Å². The zero-order chi connectivity index (χ0) is 9.00. The van der Waals surface area contributed by atoms with Gasteiger partial charge in [-0.1, -0.05) is 0 Å². The Morgan fingerprint density at radius 3 is 0.615 bits per heavy atom. The van der Waals surface area contributed by atoms with Gasteiger partial charge in [-0.3, -0.25) is 16.8 Å². The molecular weight excluding hydrogens is 488 g/mol. The molecule has 0 heterocycles. The second-order valence-corrected chi connectivity index (χ2v) is 2.45. The Kier molecular flexibility index (Phi) is 28.5. The summed E-state index contributed by atoms with van der Waals surface area (Å²) in [6.07, 6.45) is 0. The van der Waals surface area contributed by atoms with Gasteiger partial charge in [0.2, 0.25) is 0 Å². The van der Waals surface area contributed by atoms with E-state index in [1.807, 2.05) is 0 Å². The van der Waals surface area contributed by atoms with E-state index in [0.29, 0.717) is 0 Å². The topological polar surface area (TPSA) is 192 Å². The fraction of sp³-hybridized carbons (Fsp3) is 0. The maximum absolute atomic E-state index is 8.52. The maximum Gasteiger partial charge on any atom is 3.00 e. The van der Waals surface area contributed by atoms with Crippen molar-refractivity contribution >= 4 is 20.8 Å². The molecule has 0 aliphatic carbocycles.